The lowest BCUT2D eigenvalue weighted by molar-refractivity contribution is 0.785. The summed E-state index contributed by atoms with van der Waals surface area (Å²) in [6.45, 7) is 0.703. The maximum atomic E-state index is 5.67. The topological polar surface area (TPSA) is 68.5 Å². The molecule has 0 aliphatic rings. The predicted octanol–water partition coefficient (Wildman–Crippen LogP) is 0.913. The maximum Gasteiger partial charge on any atom is 0.222 e. The molecule has 0 saturated heterocycles. The van der Waals surface area contributed by atoms with Crippen LogP contribution in [0.25, 0.3) is 0 Å². The van der Waals surface area contributed by atoms with Crippen LogP contribution in [0.2, 0.25) is 5.02 Å². The van der Waals surface area contributed by atoms with Gasteiger partial charge in [-0.3, -0.25) is 0 Å². The molecule has 0 bridgehead atoms. The Morgan fingerprint density at radius 2 is 2.12 bits per heavy atom. The Morgan fingerprint density at radius 1 is 1.38 bits per heavy atom. The maximum absolute atomic E-state index is 5.67. The van der Waals surface area contributed by atoms with E-state index >= 15 is 0 Å². The number of aryl methyl sites for hydroxylation is 1. The number of hydrogen-bond acceptors (Lipinski definition) is 5. The molecule has 0 saturated carbocycles. The van der Waals surface area contributed by atoms with Crippen LogP contribution in [-0.4, -0.2) is 31.3 Å². The van der Waals surface area contributed by atoms with Gasteiger partial charge in [0.05, 0.1) is 17.4 Å². The van der Waals surface area contributed by atoms with Crippen molar-refractivity contribution in [2.75, 3.05) is 11.9 Å². The molecule has 16 heavy (non-hydrogen) atoms. The Kier molecular flexibility index (Phi) is 3.31. The molecule has 0 atom stereocenters. The third-order valence-corrected chi connectivity index (χ3v) is 2.25. The van der Waals surface area contributed by atoms with E-state index in [4.69, 9.17) is 11.6 Å². The highest BCUT2D eigenvalue weighted by Gasteiger charge is 2.00. The van der Waals surface area contributed by atoms with E-state index in [0.29, 0.717) is 17.5 Å². The molecule has 0 spiro atoms. The van der Waals surface area contributed by atoms with Gasteiger partial charge in [0.25, 0.3) is 0 Å². The van der Waals surface area contributed by atoms with Crippen LogP contribution < -0.4 is 5.32 Å². The van der Waals surface area contributed by atoms with Crippen LogP contribution in [0.1, 0.15) is 5.82 Å². The summed E-state index contributed by atoms with van der Waals surface area (Å²) in [7, 11) is 1.91. The van der Waals surface area contributed by atoms with Crippen molar-refractivity contribution >= 4 is 17.5 Å². The molecule has 0 unspecified atom stereocenters. The zero-order valence-corrected chi connectivity index (χ0v) is 9.52. The Balaban J connectivity index is 1.84. The zero-order valence-electron chi connectivity index (χ0n) is 8.76. The molecule has 0 aliphatic heterocycles. The molecule has 0 radical (unpaired) electrons. The quantitative estimate of drug-likeness (QED) is 0.858. The summed E-state index contributed by atoms with van der Waals surface area (Å²) in [6, 6.07) is 0. The highest BCUT2D eigenvalue weighted by molar-refractivity contribution is 6.30. The standard InChI is InChI=1S/C9H11ClN6/c1-16-6-14-15-8(16)2-3-11-9-12-4-7(10)5-13-9/h4-6H,2-3H2,1H3,(H,11,12,13). The average Bonchev–Trinajstić information content (AvgIpc) is 2.68. The Morgan fingerprint density at radius 3 is 2.75 bits per heavy atom. The fourth-order valence-corrected chi connectivity index (χ4v) is 1.32. The first kappa shape index (κ1) is 10.8. The van der Waals surface area contributed by atoms with Gasteiger partial charge in [0, 0.05) is 20.0 Å². The largest absolute Gasteiger partial charge is 0.354 e. The molecule has 6 nitrogen and oxygen atoms in total. The third-order valence-electron chi connectivity index (χ3n) is 2.06. The van der Waals surface area contributed by atoms with Crippen molar-refractivity contribution in [1.29, 1.82) is 0 Å². The minimum atomic E-state index is 0.527. The summed E-state index contributed by atoms with van der Waals surface area (Å²) in [5.74, 6) is 1.48. The Bertz CT molecular complexity index is 451. The number of rotatable bonds is 4. The van der Waals surface area contributed by atoms with Crippen LogP contribution in [-0.2, 0) is 13.5 Å². The highest BCUT2D eigenvalue weighted by Crippen LogP contribution is 2.05. The molecule has 0 aromatic carbocycles. The minimum Gasteiger partial charge on any atom is -0.354 e. The zero-order chi connectivity index (χ0) is 11.4. The molecule has 0 fully saturated rings. The molecular formula is C9H11ClN6. The van der Waals surface area contributed by atoms with Gasteiger partial charge in [-0.1, -0.05) is 11.6 Å². The van der Waals surface area contributed by atoms with Crippen LogP contribution >= 0.6 is 11.6 Å². The minimum absolute atomic E-state index is 0.527. The molecule has 2 rings (SSSR count). The number of nitrogens with one attached hydrogen (secondary N) is 1. The van der Waals surface area contributed by atoms with Gasteiger partial charge >= 0.3 is 0 Å². The fourth-order valence-electron chi connectivity index (χ4n) is 1.22. The van der Waals surface area contributed by atoms with Crippen molar-refractivity contribution in [3.8, 4) is 0 Å². The highest BCUT2D eigenvalue weighted by atomic mass is 35.5. The molecule has 1 N–H and O–H groups in total. The van der Waals surface area contributed by atoms with E-state index in [-0.39, 0.29) is 0 Å². The van der Waals surface area contributed by atoms with Gasteiger partial charge in [-0.05, 0) is 0 Å². The number of aromatic nitrogens is 5. The second kappa shape index (κ2) is 4.89. The molecule has 2 aromatic rings. The van der Waals surface area contributed by atoms with Gasteiger partial charge < -0.3 is 9.88 Å². The van der Waals surface area contributed by atoms with Crippen molar-refractivity contribution < 1.29 is 0 Å². The lowest BCUT2D eigenvalue weighted by Crippen LogP contribution is -2.10. The van der Waals surface area contributed by atoms with Crippen molar-refractivity contribution in [2.24, 2.45) is 7.05 Å². The van der Waals surface area contributed by atoms with Crippen LogP contribution in [0.4, 0.5) is 5.95 Å². The summed E-state index contributed by atoms with van der Waals surface area (Å²) in [4.78, 5) is 8.05. The van der Waals surface area contributed by atoms with E-state index in [1.165, 1.54) is 0 Å². The third kappa shape index (κ3) is 2.66. The van der Waals surface area contributed by atoms with Crippen molar-refractivity contribution in [1.82, 2.24) is 24.7 Å². The summed E-state index contributed by atoms with van der Waals surface area (Å²) >= 11 is 5.67. The molecule has 2 heterocycles. The van der Waals surface area contributed by atoms with Crippen molar-refractivity contribution in [3.05, 3.63) is 29.6 Å². The molecule has 0 amide bonds. The fraction of sp³-hybridized carbons (Fsp3) is 0.333. The summed E-state index contributed by atoms with van der Waals surface area (Å²) in [6.07, 6.45) is 5.55. The number of nitrogens with zero attached hydrogens (tertiary/aromatic N) is 5. The van der Waals surface area contributed by atoms with E-state index < -0.39 is 0 Å². The van der Waals surface area contributed by atoms with Gasteiger partial charge in [0.15, 0.2) is 0 Å². The Hall–Kier alpha value is -1.69. The van der Waals surface area contributed by atoms with Crippen LogP contribution in [0.5, 0.6) is 0 Å². The molecule has 0 aliphatic carbocycles. The van der Waals surface area contributed by atoms with Crippen LogP contribution in [0, 0.1) is 0 Å². The van der Waals surface area contributed by atoms with E-state index in [1.807, 2.05) is 11.6 Å². The van der Waals surface area contributed by atoms with Crippen LogP contribution in [0.3, 0.4) is 0 Å². The smallest absolute Gasteiger partial charge is 0.222 e. The predicted molar refractivity (Wildman–Crippen MR) is 60.2 cm³/mol. The summed E-state index contributed by atoms with van der Waals surface area (Å²) < 4.78 is 1.88. The van der Waals surface area contributed by atoms with Gasteiger partial charge in [0.2, 0.25) is 5.95 Å². The molecule has 84 valence electrons. The van der Waals surface area contributed by atoms with Crippen LogP contribution in [0.15, 0.2) is 18.7 Å². The van der Waals surface area contributed by atoms with Gasteiger partial charge in [-0.15, -0.1) is 10.2 Å². The number of anilines is 1. The SMILES string of the molecule is Cn1cnnc1CCNc1ncc(Cl)cn1. The number of hydrogen-bond donors (Lipinski definition) is 1. The summed E-state index contributed by atoms with van der Waals surface area (Å²) in [5.41, 5.74) is 0. The molecule has 2 aromatic heterocycles. The van der Waals surface area contributed by atoms with E-state index in [0.717, 1.165) is 12.2 Å². The lowest BCUT2D eigenvalue weighted by atomic mass is 10.4. The second-order valence-corrected chi connectivity index (χ2v) is 3.70. The van der Waals surface area contributed by atoms with Crippen molar-refractivity contribution in [3.63, 3.8) is 0 Å². The number of halogens is 1. The lowest BCUT2D eigenvalue weighted by Gasteiger charge is -2.03. The summed E-state index contributed by atoms with van der Waals surface area (Å²) in [5, 5.41) is 11.4. The monoisotopic (exact) mass is 238 g/mol. The van der Waals surface area contributed by atoms with E-state index in [9.17, 15) is 0 Å². The first-order valence-electron chi connectivity index (χ1n) is 4.80. The van der Waals surface area contributed by atoms with Gasteiger partial charge in [-0.2, -0.15) is 0 Å². The second-order valence-electron chi connectivity index (χ2n) is 3.26. The van der Waals surface area contributed by atoms with E-state index in [1.54, 1.807) is 18.7 Å². The van der Waals surface area contributed by atoms with Gasteiger partial charge in [-0.25, -0.2) is 9.97 Å². The van der Waals surface area contributed by atoms with E-state index in [2.05, 4.69) is 25.5 Å². The first-order valence-corrected chi connectivity index (χ1v) is 5.18. The normalized spacial score (nSPS) is 10.4. The Labute approximate surface area is 97.7 Å². The average molecular weight is 239 g/mol. The molecular weight excluding hydrogens is 228 g/mol. The molecule has 7 heteroatoms. The first-order chi connectivity index (χ1) is 7.75. The van der Waals surface area contributed by atoms with Gasteiger partial charge in [0.1, 0.15) is 12.2 Å². The van der Waals surface area contributed by atoms with Crippen molar-refractivity contribution in [2.45, 2.75) is 6.42 Å².